The first-order chi connectivity index (χ1) is 9.19. The number of nitrogens with zero attached hydrogens (tertiary/aromatic N) is 1. The highest BCUT2D eigenvalue weighted by molar-refractivity contribution is 9.10. The lowest BCUT2D eigenvalue weighted by atomic mass is 9.90. The summed E-state index contributed by atoms with van der Waals surface area (Å²) in [6.07, 6.45) is 0.732. The molecule has 2 aromatic rings. The van der Waals surface area contributed by atoms with Crippen LogP contribution in [0.3, 0.4) is 0 Å². The molecular weight excluding hydrogens is 302 g/mol. The number of anilines is 1. The molecule has 3 rings (SSSR count). The highest BCUT2D eigenvalue weighted by atomic mass is 79.9. The predicted molar refractivity (Wildman–Crippen MR) is 80.6 cm³/mol. The lowest BCUT2D eigenvalue weighted by Crippen LogP contribution is -2.64. The number of benzene rings is 2. The number of para-hydroxylation sites is 1. The highest BCUT2D eigenvalue weighted by Gasteiger charge is 2.50. The van der Waals surface area contributed by atoms with E-state index in [1.54, 1.807) is 0 Å². The van der Waals surface area contributed by atoms with Gasteiger partial charge in [-0.05, 0) is 24.1 Å². The van der Waals surface area contributed by atoms with Crippen molar-refractivity contribution >= 4 is 27.5 Å². The summed E-state index contributed by atoms with van der Waals surface area (Å²) in [6, 6.07) is 19.9. The number of carbonyl (C=O) groups is 1. The van der Waals surface area contributed by atoms with E-state index in [-0.39, 0.29) is 5.91 Å². The third kappa shape index (κ3) is 2.30. The fraction of sp³-hybridized carbons (Fsp3) is 0.188. The second kappa shape index (κ2) is 4.82. The van der Waals surface area contributed by atoms with Crippen LogP contribution in [0.15, 0.2) is 60.7 Å². The summed E-state index contributed by atoms with van der Waals surface area (Å²) in [6.45, 7) is 0.713. The average Bonchev–Trinajstić information content (AvgIpc) is 2.46. The van der Waals surface area contributed by atoms with Crippen LogP contribution in [-0.4, -0.2) is 16.8 Å². The van der Waals surface area contributed by atoms with E-state index in [2.05, 4.69) is 28.1 Å². The summed E-state index contributed by atoms with van der Waals surface area (Å²) >= 11 is 3.62. The van der Waals surface area contributed by atoms with Crippen molar-refractivity contribution in [2.24, 2.45) is 0 Å². The molecule has 0 radical (unpaired) electrons. The zero-order valence-electron chi connectivity index (χ0n) is 10.4. The number of alkyl halides is 1. The minimum absolute atomic E-state index is 0.141. The van der Waals surface area contributed by atoms with E-state index in [0.29, 0.717) is 6.54 Å². The van der Waals surface area contributed by atoms with Crippen LogP contribution in [0.25, 0.3) is 0 Å². The van der Waals surface area contributed by atoms with Gasteiger partial charge in [-0.15, -0.1) is 0 Å². The van der Waals surface area contributed by atoms with Gasteiger partial charge in [0.05, 0.1) is 6.54 Å². The third-order valence-corrected chi connectivity index (χ3v) is 4.30. The van der Waals surface area contributed by atoms with Crippen molar-refractivity contribution in [2.75, 3.05) is 11.4 Å². The Morgan fingerprint density at radius 3 is 2.16 bits per heavy atom. The summed E-state index contributed by atoms with van der Waals surface area (Å²) in [5.74, 6) is 0.141. The maximum atomic E-state index is 12.4. The minimum atomic E-state index is -0.440. The molecule has 0 aromatic heterocycles. The Labute approximate surface area is 121 Å². The molecule has 0 bridgehead atoms. The number of amides is 1. The third-order valence-electron chi connectivity index (χ3n) is 3.43. The van der Waals surface area contributed by atoms with Crippen molar-refractivity contribution in [3.05, 3.63) is 66.2 Å². The van der Waals surface area contributed by atoms with Crippen LogP contribution in [0.5, 0.6) is 0 Å². The Hall–Kier alpha value is -1.61. The Morgan fingerprint density at radius 2 is 1.58 bits per heavy atom. The lowest BCUT2D eigenvalue weighted by Gasteiger charge is -2.45. The lowest BCUT2D eigenvalue weighted by molar-refractivity contribution is -0.124. The molecule has 1 aliphatic heterocycles. The van der Waals surface area contributed by atoms with E-state index in [4.69, 9.17) is 0 Å². The van der Waals surface area contributed by atoms with Gasteiger partial charge in [-0.25, -0.2) is 0 Å². The summed E-state index contributed by atoms with van der Waals surface area (Å²) in [4.78, 5) is 14.2. The maximum absolute atomic E-state index is 12.4. The largest absolute Gasteiger partial charge is 0.309 e. The molecule has 0 spiro atoms. The molecule has 1 amide bonds. The van der Waals surface area contributed by atoms with E-state index in [0.717, 1.165) is 12.1 Å². The zero-order valence-corrected chi connectivity index (χ0v) is 12.0. The quantitative estimate of drug-likeness (QED) is 0.628. The fourth-order valence-corrected chi connectivity index (χ4v) is 3.20. The Balaban J connectivity index is 1.74. The van der Waals surface area contributed by atoms with Gasteiger partial charge in [-0.2, -0.15) is 0 Å². The number of hydrogen-bond acceptors (Lipinski definition) is 1. The molecule has 0 saturated carbocycles. The molecule has 19 heavy (non-hydrogen) atoms. The topological polar surface area (TPSA) is 20.3 Å². The first-order valence-corrected chi connectivity index (χ1v) is 7.08. The van der Waals surface area contributed by atoms with Gasteiger partial charge in [-0.3, -0.25) is 4.79 Å². The van der Waals surface area contributed by atoms with Gasteiger partial charge < -0.3 is 4.90 Å². The van der Waals surface area contributed by atoms with Gasteiger partial charge in [0.2, 0.25) is 5.91 Å². The van der Waals surface area contributed by atoms with Crippen LogP contribution in [0.2, 0.25) is 0 Å². The highest BCUT2D eigenvalue weighted by Crippen LogP contribution is 2.38. The van der Waals surface area contributed by atoms with Gasteiger partial charge in [0, 0.05) is 5.69 Å². The van der Waals surface area contributed by atoms with Crippen LogP contribution in [0.4, 0.5) is 5.69 Å². The van der Waals surface area contributed by atoms with Gasteiger partial charge in [0.25, 0.3) is 0 Å². The molecule has 1 atom stereocenters. The van der Waals surface area contributed by atoms with Crippen molar-refractivity contribution in [3.8, 4) is 0 Å². The van der Waals surface area contributed by atoms with Crippen LogP contribution in [0, 0.1) is 0 Å². The van der Waals surface area contributed by atoms with E-state index in [9.17, 15) is 4.79 Å². The van der Waals surface area contributed by atoms with Gasteiger partial charge in [-0.1, -0.05) is 64.5 Å². The van der Waals surface area contributed by atoms with Gasteiger partial charge >= 0.3 is 0 Å². The number of halogens is 1. The van der Waals surface area contributed by atoms with Crippen LogP contribution < -0.4 is 4.90 Å². The number of β-lactam (4-membered cyclic amide) rings is 1. The average molecular weight is 316 g/mol. The van der Waals surface area contributed by atoms with E-state index in [1.165, 1.54) is 5.56 Å². The van der Waals surface area contributed by atoms with E-state index in [1.807, 2.05) is 53.4 Å². The fourth-order valence-electron chi connectivity index (χ4n) is 2.41. The van der Waals surface area contributed by atoms with Crippen molar-refractivity contribution < 1.29 is 4.79 Å². The number of rotatable bonds is 3. The smallest absolute Gasteiger partial charge is 0.246 e. The maximum Gasteiger partial charge on any atom is 0.246 e. The van der Waals surface area contributed by atoms with Crippen molar-refractivity contribution in [2.45, 2.75) is 10.7 Å². The van der Waals surface area contributed by atoms with Crippen molar-refractivity contribution in [1.82, 2.24) is 0 Å². The molecule has 1 saturated heterocycles. The van der Waals surface area contributed by atoms with Crippen LogP contribution in [0.1, 0.15) is 5.56 Å². The first kappa shape index (κ1) is 12.4. The van der Waals surface area contributed by atoms with Gasteiger partial charge in [0.1, 0.15) is 4.32 Å². The summed E-state index contributed by atoms with van der Waals surface area (Å²) < 4.78 is -0.440. The van der Waals surface area contributed by atoms with Crippen LogP contribution in [-0.2, 0) is 11.2 Å². The van der Waals surface area contributed by atoms with Gasteiger partial charge in [0.15, 0.2) is 0 Å². The van der Waals surface area contributed by atoms with Crippen LogP contribution >= 0.6 is 15.9 Å². The molecular formula is C16H14BrNO. The molecule has 1 unspecified atom stereocenters. The Bertz CT molecular complexity index is 584. The van der Waals surface area contributed by atoms with E-state index < -0.39 is 4.32 Å². The molecule has 96 valence electrons. The first-order valence-electron chi connectivity index (χ1n) is 6.29. The molecule has 0 N–H and O–H groups in total. The SMILES string of the molecule is O=C1N(c2ccccc2)CC1(Br)Cc1ccccc1. The minimum Gasteiger partial charge on any atom is -0.309 e. The second-order valence-corrected chi connectivity index (χ2v) is 6.37. The number of carbonyl (C=O) groups excluding carboxylic acids is 1. The molecule has 0 aliphatic carbocycles. The molecule has 1 heterocycles. The molecule has 3 heteroatoms. The number of hydrogen-bond donors (Lipinski definition) is 0. The van der Waals surface area contributed by atoms with Crippen molar-refractivity contribution in [3.63, 3.8) is 0 Å². The second-order valence-electron chi connectivity index (χ2n) is 4.85. The van der Waals surface area contributed by atoms with E-state index >= 15 is 0 Å². The normalized spacial score (nSPS) is 22.2. The Kier molecular flexibility index (Phi) is 3.15. The molecule has 2 nitrogen and oxygen atoms in total. The summed E-state index contributed by atoms with van der Waals surface area (Å²) in [5, 5.41) is 0. The summed E-state index contributed by atoms with van der Waals surface area (Å²) in [5.41, 5.74) is 2.15. The molecule has 2 aromatic carbocycles. The summed E-state index contributed by atoms with van der Waals surface area (Å²) in [7, 11) is 0. The monoisotopic (exact) mass is 315 g/mol. The molecule has 1 fully saturated rings. The molecule has 1 aliphatic rings. The standard InChI is InChI=1S/C16H14BrNO/c17-16(11-13-7-3-1-4-8-13)12-18(15(16)19)14-9-5-2-6-10-14/h1-10H,11-12H2. The van der Waals surface area contributed by atoms with Crippen molar-refractivity contribution in [1.29, 1.82) is 0 Å². The Morgan fingerprint density at radius 1 is 1.00 bits per heavy atom. The predicted octanol–water partition coefficient (Wildman–Crippen LogP) is 3.41. The zero-order chi connectivity index (χ0) is 13.3.